The van der Waals surface area contributed by atoms with E-state index in [9.17, 15) is 9.59 Å². The third-order valence-corrected chi connectivity index (χ3v) is 5.68. The lowest BCUT2D eigenvalue weighted by Crippen LogP contribution is -2.37. The van der Waals surface area contributed by atoms with E-state index < -0.39 is 11.8 Å². The summed E-state index contributed by atoms with van der Waals surface area (Å²) in [4.78, 5) is 26.9. The average Bonchev–Trinajstić information content (AvgIpc) is 2.75. The molecular formula is C24H31N3O2. The zero-order chi connectivity index (χ0) is 20.8. The Hall–Kier alpha value is -2.82. The number of nitrogens with one attached hydrogen (secondary N) is 2. The minimum Gasteiger partial charge on any atom is -0.372 e. The Kier molecular flexibility index (Phi) is 6.91. The molecule has 0 saturated carbocycles. The van der Waals surface area contributed by atoms with Crippen molar-refractivity contribution in [1.82, 2.24) is 5.32 Å². The molecule has 5 heteroatoms. The van der Waals surface area contributed by atoms with Crippen LogP contribution >= 0.6 is 0 Å². The predicted octanol–water partition coefficient (Wildman–Crippen LogP) is 4.23. The summed E-state index contributed by atoms with van der Waals surface area (Å²) in [5, 5.41) is 5.49. The number of hydrogen-bond acceptors (Lipinski definition) is 3. The smallest absolute Gasteiger partial charge is 0.313 e. The van der Waals surface area contributed by atoms with E-state index in [0.29, 0.717) is 5.69 Å². The third kappa shape index (κ3) is 5.17. The number of nitrogens with zero attached hydrogens (tertiary/aromatic N) is 1. The van der Waals surface area contributed by atoms with E-state index in [-0.39, 0.29) is 6.04 Å². The summed E-state index contributed by atoms with van der Waals surface area (Å²) in [7, 11) is 0. The van der Waals surface area contributed by atoms with Gasteiger partial charge in [0.25, 0.3) is 0 Å². The van der Waals surface area contributed by atoms with Crippen molar-refractivity contribution in [3.63, 3.8) is 0 Å². The maximum Gasteiger partial charge on any atom is 0.313 e. The molecule has 0 radical (unpaired) electrons. The van der Waals surface area contributed by atoms with Gasteiger partial charge >= 0.3 is 11.8 Å². The first-order valence-corrected chi connectivity index (χ1v) is 10.6. The van der Waals surface area contributed by atoms with Crippen LogP contribution in [-0.4, -0.2) is 24.9 Å². The van der Waals surface area contributed by atoms with Gasteiger partial charge in [0.15, 0.2) is 0 Å². The minimum absolute atomic E-state index is 0.217. The number of carbonyl (C=O) groups is 2. The van der Waals surface area contributed by atoms with Gasteiger partial charge in [-0.05, 0) is 87.4 Å². The van der Waals surface area contributed by atoms with Crippen LogP contribution in [0.25, 0.3) is 0 Å². The molecule has 0 bridgehead atoms. The molecule has 0 fully saturated rings. The molecule has 1 unspecified atom stereocenters. The Morgan fingerprint density at radius 2 is 1.59 bits per heavy atom. The van der Waals surface area contributed by atoms with Gasteiger partial charge in [-0.25, -0.2) is 0 Å². The zero-order valence-corrected chi connectivity index (χ0v) is 17.6. The van der Waals surface area contributed by atoms with Gasteiger partial charge in [0, 0.05) is 24.5 Å². The highest BCUT2D eigenvalue weighted by molar-refractivity contribution is 6.39. The van der Waals surface area contributed by atoms with Crippen molar-refractivity contribution in [2.45, 2.75) is 52.5 Å². The molecule has 3 rings (SSSR count). The second kappa shape index (κ2) is 9.59. The molecule has 29 heavy (non-hydrogen) atoms. The molecule has 0 aromatic heterocycles. The lowest BCUT2D eigenvalue weighted by Gasteiger charge is -2.21. The van der Waals surface area contributed by atoms with Crippen molar-refractivity contribution in [2.75, 3.05) is 23.3 Å². The van der Waals surface area contributed by atoms with Gasteiger partial charge < -0.3 is 15.5 Å². The number of amides is 2. The van der Waals surface area contributed by atoms with E-state index in [1.807, 2.05) is 31.2 Å². The standard InChI is InChI=1S/C24H31N3O2/c1-4-27(5-2)22-14-12-21(13-15-22)26-24(29)23(28)25-17(3)19-11-10-18-8-6-7-9-20(18)16-19/h10-17H,4-9H2,1-3H3,(H,25,28)(H,26,29). The maximum atomic E-state index is 12.4. The molecule has 5 nitrogen and oxygen atoms in total. The van der Waals surface area contributed by atoms with Crippen LogP contribution in [-0.2, 0) is 22.4 Å². The van der Waals surface area contributed by atoms with Crippen molar-refractivity contribution in [3.8, 4) is 0 Å². The van der Waals surface area contributed by atoms with Crippen molar-refractivity contribution < 1.29 is 9.59 Å². The number of anilines is 2. The van der Waals surface area contributed by atoms with Crippen LogP contribution in [0.1, 0.15) is 56.3 Å². The first-order valence-electron chi connectivity index (χ1n) is 10.6. The highest BCUT2D eigenvalue weighted by atomic mass is 16.2. The third-order valence-electron chi connectivity index (χ3n) is 5.68. The first kappa shape index (κ1) is 20.9. The summed E-state index contributed by atoms with van der Waals surface area (Å²) in [5.74, 6) is -1.27. The summed E-state index contributed by atoms with van der Waals surface area (Å²) in [6.07, 6.45) is 4.68. The highest BCUT2D eigenvalue weighted by Gasteiger charge is 2.19. The summed E-state index contributed by atoms with van der Waals surface area (Å²) in [6, 6.07) is 13.7. The van der Waals surface area contributed by atoms with E-state index in [4.69, 9.17) is 0 Å². The fourth-order valence-electron chi connectivity index (χ4n) is 3.90. The molecule has 0 aliphatic heterocycles. The van der Waals surface area contributed by atoms with Gasteiger partial charge in [-0.3, -0.25) is 9.59 Å². The van der Waals surface area contributed by atoms with Gasteiger partial charge in [0.2, 0.25) is 0 Å². The average molecular weight is 394 g/mol. The van der Waals surface area contributed by atoms with Crippen molar-refractivity contribution in [1.29, 1.82) is 0 Å². The van der Waals surface area contributed by atoms with Crippen LogP contribution in [0.4, 0.5) is 11.4 Å². The fraction of sp³-hybridized carbons (Fsp3) is 0.417. The van der Waals surface area contributed by atoms with Crippen LogP contribution in [0, 0.1) is 0 Å². The van der Waals surface area contributed by atoms with Gasteiger partial charge in [0.05, 0.1) is 6.04 Å². The number of benzene rings is 2. The molecular weight excluding hydrogens is 362 g/mol. The normalized spacial score (nSPS) is 13.9. The molecule has 2 amide bonds. The molecule has 2 N–H and O–H groups in total. The number of carbonyl (C=O) groups excluding carboxylic acids is 2. The van der Waals surface area contributed by atoms with Crippen LogP contribution in [0.3, 0.4) is 0 Å². The summed E-state index contributed by atoms with van der Waals surface area (Å²) in [5.41, 5.74) is 5.52. The Morgan fingerprint density at radius 1 is 0.931 bits per heavy atom. The monoisotopic (exact) mass is 393 g/mol. The van der Waals surface area contributed by atoms with Crippen LogP contribution < -0.4 is 15.5 Å². The molecule has 0 heterocycles. The quantitative estimate of drug-likeness (QED) is 0.722. The second-order valence-corrected chi connectivity index (χ2v) is 7.60. The van der Waals surface area contributed by atoms with Gasteiger partial charge in [-0.15, -0.1) is 0 Å². The van der Waals surface area contributed by atoms with E-state index in [2.05, 4.69) is 47.6 Å². The Labute approximate surface area is 173 Å². The summed E-state index contributed by atoms with van der Waals surface area (Å²) < 4.78 is 0. The summed E-state index contributed by atoms with van der Waals surface area (Å²) in [6.45, 7) is 7.96. The fourth-order valence-corrected chi connectivity index (χ4v) is 3.90. The van der Waals surface area contributed by atoms with Crippen LogP contribution in [0.2, 0.25) is 0 Å². The molecule has 1 atom stereocenters. The van der Waals surface area contributed by atoms with Gasteiger partial charge in [-0.2, -0.15) is 0 Å². The van der Waals surface area contributed by atoms with E-state index in [1.165, 1.54) is 24.0 Å². The number of rotatable bonds is 6. The Morgan fingerprint density at radius 3 is 2.24 bits per heavy atom. The van der Waals surface area contributed by atoms with Gasteiger partial charge in [-0.1, -0.05) is 18.2 Å². The Bertz CT molecular complexity index is 857. The Balaban J connectivity index is 1.58. The molecule has 1 aliphatic carbocycles. The second-order valence-electron chi connectivity index (χ2n) is 7.60. The largest absolute Gasteiger partial charge is 0.372 e. The molecule has 2 aromatic carbocycles. The van der Waals surface area contributed by atoms with E-state index in [0.717, 1.165) is 37.2 Å². The highest BCUT2D eigenvalue weighted by Crippen LogP contribution is 2.25. The SMILES string of the molecule is CCN(CC)c1ccc(NC(=O)C(=O)NC(C)c2ccc3c(c2)CCCC3)cc1. The van der Waals surface area contributed by atoms with Crippen molar-refractivity contribution in [2.24, 2.45) is 0 Å². The lowest BCUT2D eigenvalue weighted by atomic mass is 9.89. The molecule has 0 saturated heterocycles. The molecule has 2 aromatic rings. The van der Waals surface area contributed by atoms with Gasteiger partial charge in [0.1, 0.15) is 0 Å². The summed E-state index contributed by atoms with van der Waals surface area (Å²) >= 11 is 0. The zero-order valence-electron chi connectivity index (χ0n) is 17.6. The topological polar surface area (TPSA) is 61.4 Å². The van der Waals surface area contributed by atoms with E-state index in [1.54, 1.807) is 0 Å². The number of fused-ring (bicyclic) bond motifs is 1. The number of aryl methyl sites for hydroxylation is 2. The molecule has 1 aliphatic rings. The van der Waals surface area contributed by atoms with Crippen molar-refractivity contribution in [3.05, 3.63) is 59.2 Å². The number of hydrogen-bond donors (Lipinski definition) is 2. The molecule has 0 spiro atoms. The maximum absolute atomic E-state index is 12.4. The predicted molar refractivity (Wildman–Crippen MR) is 118 cm³/mol. The lowest BCUT2D eigenvalue weighted by molar-refractivity contribution is -0.136. The van der Waals surface area contributed by atoms with Crippen LogP contribution in [0.15, 0.2) is 42.5 Å². The van der Waals surface area contributed by atoms with Crippen LogP contribution in [0.5, 0.6) is 0 Å². The molecule has 154 valence electrons. The minimum atomic E-state index is -0.648. The van der Waals surface area contributed by atoms with E-state index >= 15 is 0 Å². The van der Waals surface area contributed by atoms with Crippen molar-refractivity contribution >= 4 is 23.2 Å². The first-order chi connectivity index (χ1) is 14.0.